The summed E-state index contributed by atoms with van der Waals surface area (Å²) in [6.07, 6.45) is 3.50. The van der Waals surface area contributed by atoms with E-state index >= 15 is 0 Å². The van der Waals surface area contributed by atoms with E-state index in [4.69, 9.17) is 5.73 Å². The Morgan fingerprint density at radius 2 is 0.886 bits per heavy atom. The van der Waals surface area contributed by atoms with Gasteiger partial charge in [0, 0.05) is 28.5 Å². The fourth-order valence-corrected chi connectivity index (χ4v) is 6.99. The molecular weight excluding hydrogens is 532 g/mol. The van der Waals surface area contributed by atoms with Crippen LogP contribution in [0.5, 0.6) is 0 Å². The zero-order chi connectivity index (χ0) is 29.9. The largest absolute Gasteiger partial charge is 0.399 e. The van der Waals surface area contributed by atoms with E-state index < -0.39 is 0 Å². The summed E-state index contributed by atoms with van der Waals surface area (Å²) >= 11 is 0. The fourth-order valence-electron chi connectivity index (χ4n) is 6.99. The Labute approximate surface area is 260 Å². The molecule has 2 heteroatoms. The Morgan fingerprint density at radius 3 is 1.34 bits per heavy atom. The number of fused-ring (bicyclic) bond motifs is 3. The molecule has 0 aliphatic heterocycles. The smallest absolute Gasteiger partial charge is 0.0533 e. The molecule has 7 rings (SSSR count). The number of hydrogen-bond donors (Lipinski definition) is 1. The predicted molar refractivity (Wildman–Crippen MR) is 187 cm³/mol. The summed E-state index contributed by atoms with van der Waals surface area (Å²) in [6.45, 7) is 3.16. The van der Waals surface area contributed by atoms with E-state index in [9.17, 15) is 0 Å². The highest BCUT2D eigenvalue weighted by Gasteiger charge is 2.25. The van der Waals surface area contributed by atoms with Gasteiger partial charge in [0.2, 0.25) is 0 Å². The van der Waals surface area contributed by atoms with Crippen LogP contribution in [0.15, 0.2) is 140 Å². The third-order valence-corrected chi connectivity index (χ3v) is 8.98. The Bertz CT molecular complexity index is 2020. The molecule has 1 heterocycles. The molecule has 0 aliphatic rings. The summed E-state index contributed by atoms with van der Waals surface area (Å²) < 4.78 is 2.54. The van der Waals surface area contributed by atoms with Gasteiger partial charge in [-0.15, -0.1) is 0 Å². The minimum absolute atomic E-state index is 0.806. The van der Waals surface area contributed by atoms with E-state index in [1.54, 1.807) is 0 Å². The van der Waals surface area contributed by atoms with Crippen molar-refractivity contribution >= 4 is 27.5 Å². The predicted octanol–water partition coefficient (Wildman–Crippen LogP) is 9.76. The van der Waals surface area contributed by atoms with Crippen LogP contribution >= 0.6 is 0 Å². The number of nitrogen functional groups attached to an aromatic ring is 1. The van der Waals surface area contributed by atoms with Crippen LogP contribution in [0.2, 0.25) is 0 Å². The molecule has 0 bridgehead atoms. The van der Waals surface area contributed by atoms with Crippen LogP contribution in [0.3, 0.4) is 0 Å². The van der Waals surface area contributed by atoms with E-state index in [0.29, 0.717) is 0 Å². The normalized spacial score (nSPS) is 11.4. The lowest BCUT2D eigenvalue weighted by Crippen LogP contribution is -2.11. The molecule has 0 unspecified atom stereocenters. The molecule has 0 saturated carbocycles. The summed E-state index contributed by atoms with van der Waals surface area (Å²) in [6, 6.07) is 50.4. The minimum atomic E-state index is 0.806. The van der Waals surface area contributed by atoms with Crippen molar-refractivity contribution in [2.75, 3.05) is 5.73 Å². The highest BCUT2D eigenvalue weighted by Crippen LogP contribution is 2.42. The number of nitrogens with zero attached hydrogens (tertiary/aromatic N) is 1. The third-order valence-electron chi connectivity index (χ3n) is 8.98. The van der Waals surface area contributed by atoms with Crippen molar-refractivity contribution in [3.8, 4) is 0 Å². The van der Waals surface area contributed by atoms with Crippen LogP contribution < -0.4 is 5.73 Å². The summed E-state index contributed by atoms with van der Waals surface area (Å²) in [7, 11) is 0. The molecule has 0 spiro atoms. The fraction of sp³-hybridized carbons (Fsp3) is 0.143. The van der Waals surface area contributed by atoms with Crippen molar-refractivity contribution < 1.29 is 0 Å². The van der Waals surface area contributed by atoms with Crippen molar-refractivity contribution in [2.24, 2.45) is 0 Å². The molecule has 0 saturated heterocycles. The molecule has 0 atom stereocenters. The molecule has 6 aromatic carbocycles. The second-order valence-electron chi connectivity index (χ2n) is 11.8. The first-order valence-electron chi connectivity index (χ1n) is 15.7. The van der Waals surface area contributed by atoms with Gasteiger partial charge >= 0.3 is 0 Å². The minimum Gasteiger partial charge on any atom is -0.399 e. The quantitative estimate of drug-likeness (QED) is 0.172. The van der Waals surface area contributed by atoms with Crippen LogP contribution in [0.25, 0.3) is 21.8 Å². The molecule has 0 fully saturated rings. The van der Waals surface area contributed by atoms with Gasteiger partial charge in [0.15, 0.2) is 0 Å². The Kier molecular flexibility index (Phi) is 7.73. The molecule has 2 N–H and O–H groups in total. The molecule has 0 amide bonds. The summed E-state index contributed by atoms with van der Waals surface area (Å²) in [5.41, 5.74) is 21.0. The van der Waals surface area contributed by atoms with Crippen LogP contribution in [0.4, 0.5) is 5.69 Å². The summed E-state index contributed by atoms with van der Waals surface area (Å²) in [4.78, 5) is 0. The van der Waals surface area contributed by atoms with E-state index in [2.05, 4.69) is 151 Å². The van der Waals surface area contributed by atoms with Gasteiger partial charge in [0.05, 0.1) is 5.52 Å². The molecular formula is C42H38N2. The first-order valence-corrected chi connectivity index (χ1v) is 15.7. The van der Waals surface area contributed by atoms with Crippen LogP contribution in [-0.4, -0.2) is 4.57 Å². The summed E-state index contributed by atoms with van der Waals surface area (Å²) in [5, 5.41) is 2.61. The highest BCUT2D eigenvalue weighted by molar-refractivity contribution is 6.12. The van der Waals surface area contributed by atoms with Gasteiger partial charge in [-0.05, 0) is 95.3 Å². The van der Waals surface area contributed by atoms with Gasteiger partial charge in [0.25, 0.3) is 0 Å². The zero-order valence-electron chi connectivity index (χ0n) is 25.3. The van der Waals surface area contributed by atoms with Gasteiger partial charge in [-0.3, -0.25) is 0 Å². The third kappa shape index (κ3) is 5.40. The molecule has 1 aromatic heterocycles. The standard InChI is InChI=1S/C42H38N2/c1-2-44-40-24-23-34(43)29-39(40)41-37(27-32-19-11-5-12-20-32)35(25-30-15-7-3-8-16-30)36(26-31-17-9-4-10-18-31)38(42(41)44)28-33-21-13-6-14-22-33/h3-24,29H,2,25-28,43H2,1H3. The number of hydrogen-bond acceptors (Lipinski definition) is 1. The number of benzene rings is 6. The van der Waals surface area contributed by atoms with Crippen molar-refractivity contribution in [1.82, 2.24) is 4.57 Å². The Balaban J connectivity index is 1.64. The first-order chi connectivity index (χ1) is 21.7. The second kappa shape index (κ2) is 12.3. The number of anilines is 1. The van der Waals surface area contributed by atoms with E-state index in [1.165, 1.54) is 66.3 Å². The molecule has 7 aromatic rings. The lowest BCUT2D eigenvalue weighted by Gasteiger charge is -2.24. The molecule has 0 aliphatic carbocycles. The van der Waals surface area contributed by atoms with E-state index in [1.807, 2.05) is 0 Å². The lowest BCUT2D eigenvalue weighted by atomic mass is 9.81. The average Bonchev–Trinajstić information content (AvgIpc) is 3.39. The first kappa shape index (κ1) is 27.7. The molecule has 216 valence electrons. The summed E-state index contributed by atoms with van der Waals surface area (Å²) in [5.74, 6) is 0. The van der Waals surface area contributed by atoms with Crippen LogP contribution in [0, 0.1) is 0 Å². The SMILES string of the molecule is CCn1c2ccc(N)cc2c2c(Cc3ccccc3)c(Cc3ccccc3)c(Cc3ccccc3)c(Cc3ccccc3)c21. The van der Waals surface area contributed by atoms with Crippen molar-refractivity contribution in [3.05, 3.63) is 184 Å². The van der Waals surface area contributed by atoms with Gasteiger partial charge in [0.1, 0.15) is 0 Å². The van der Waals surface area contributed by atoms with Crippen LogP contribution in [0.1, 0.15) is 51.4 Å². The maximum absolute atomic E-state index is 6.51. The maximum Gasteiger partial charge on any atom is 0.0533 e. The van der Waals surface area contributed by atoms with Crippen LogP contribution in [-0.2, 0) is 32.2 Å². The van der Waals surface area contributed by atoms with Crippen molar-refractivity contribution in [1.29, 1.82) is 0 Å². The topological polar surface area (TPSA) is 30.9 Å². The second-order valence-corrected chi connectivity index (χ2v) is 11.8. The van der Waals surface area contributed by atoms with E-state index in [-0.39, 0.29) is 0 Å². The monoisotopic (exact) mass is 570 g/mol. The van der Waals surface area contributed by atoms with E-state index in [0.717, 1.165) is 37.9 Å². The van der Waals surface area contributed by atoms with Crippen molar-refractivity contribution in [2.45, 2.75) is 39.2 Å². The number of aryl methyl sites for hydroxylation is 1. The molecule has 2 nitrogen and oxygen atoms in total. The highest BCUT2D eigenvalue weighted by atomic mass is 15.0. The number of nitrogens with two attached hydrogens (primary N) is 1. The lowest BCUT2D eigenvalue weighted by molar-refractivity contribution is 0.820. The van der Waals surface area contributed by atoms with Gasteiger partial charge in [-0.2, -0.15) is 0 Å². The van der Waals surface area contributed by atoms with Crippen molar-refractivity contribution in [3.63, 3.8) is 0 Å². The Hall–Kier alpha value is -5.08. The zero-order valence-corrected chi connectivity index (χ0v) is 25.3. The van der Waals surface area contributed by atoms with Gasteiger partial charge in [-0.25, -0.2) is 0 Å². The average molecular weight is 571 g/mol. The maximum atomic E-state index is 6.51. The molecule has 0 radical (unpaired) electrons. The number of rotatable bonds is 9. The number of aromatic nitrogens is 1. The molecule has 44 heavy (non-hydrogen) atoms. The van der Waals surface area contributed by atoms with Gasteiger partial charge < -0.3 is 10.3 Å². The Morgan fingerprint density at radius 1 is 0.477 bits per heavy atom. The van der Waals surface area contributed by atoms with Gasteiger partial charge in [-0.1, -0.05) is 121 Å².